The quantitative estimate of drug-likeness (QED) is 0.177. The molecule has 0 radical (unpaired) electrons. The molecule has 0 saturated heterocycles. The van der Waals surface area contributed by atoms with E-state index < -0.39 is 0 Å². The summed E-state index contributed by atoms with van der Waals surface area (Å²) in [6.45, 7) is 4.07. The Balaban J connectivity index is 1.90. The van der Waals surface area contributed by atoms with Crippen molar-refractivity contribution in [2.45, 2.75) is 83.3 Å². The molecule has 0 aromatic heterocycles. The first-order valence-corrected chi connectivity index (χ1v) is 11.5. The van der Waals surface area contributed by atoms with Crippen molar-refractivity contribution in [3.05, 3.63) is 48.6 Å². The Hall–Kier alpha value is -2.54. The molecule has 0 fully saturated rings. The summed E-state index contributed by atoms with van der Waals surface area (Å²) in [5.74, 6) is -0.192. The summed E-state index contributed by atoms with van der Waals surface area (Å²) >= 11 is 0. The summed E-state index contributed by atoms with van der Waals surface area (Å²) in [5, 5.41) is 19.4. The van der Waals surface area contributed by atoms with Gasteiger partial charge in [0, 0.05) is 25.3 Å². The molecule has 1 aliphatic heterocycles. The first-order chi connectivity index (χ1) is 15.4. The Kier molecular flexibility index (Phi) is 14.7. The SMILES string of the molecule is C[C@H](CO)NC(=O)CCC/C=C\C/C=C\C/C=C\C/C=C\CCOC(=O)CCC1(C)N=N1. The van der Waals surface area contributed by atoms with Crippen molar-refractivity contribution in [3.8, 4) is 0 Å². The molecule has 1 atom stereocenters. The van der Waals surface area contributed by atoms with Gasteiger partial charge in [-0.1, -0.05) is 48.6 Å². The van der Waals surface area contributed by atoms with Gasteiger partial charge < -0.3 is 15.2 Å². The summed E-state index contributed by atoms with van der Waals surface area (Å²) in [4.78, 5) is 23.1. The highest BCUT2D eigenvalue weighted by Crippen LogP contribution is 2.31. The first-order valence-electron chi connectivity index (χ1n) is 11.5. The van der Waals surface area contributed by atoms with Gasteiger partial charge in [0.1, 0.15) is 0 Å². The van der Waals surface area contributed by atoms with Crippen molar-refractivity contribution in [3.63, 3.8) is 0 Å². The molecule has 1 aliphatic rings. The van der Waals surface area contributed by atoms with Gasteiger partial charge in [-0.2, -0.15) is 10.2 Å². The molecule has 0 unspecified atom stereocenters. The topological polar surface area (TPSA) is 100 Å². The van der Waals surface area contributed by atoms with Gasteiger partial charge in [-0.25, -0.2) is 0 Å². The van der Waals surface area contributed by atoms with Gasteiger partial charge in [0.25, 0.3) is 0 Å². The van der Waals surface area contributed by atoms with E-state index in [1.54, 1.807) is 6.92 Å². The molecule has 32 heavy (non-hydrogen) atoms. The molecule has 1 rings (SSSR count). The van der Waals surface area contributed by atoms with Gasteiger partial charge in [0.15, 0.2) is 5.66 Å². The molecule has 2 N–H and O–H groups in total. The number of hydrogen-bond acceptors (Lipinski definition) is 6. The number of hydrogen-bond donors (Lipinski definition) is 2. The average Bonchev–Trinajstić information content (AvgIpc) is 3.51. The van der Waals surface area contributed by atoms with E-state index in [1.165, 1.54) is 0 Å². The Labute approximate surface area is 192 Å². The third-order valence-electron chi connectivity index (χ3n) is 4.73. The van der Waals surface area contributed by atoms with Crippen LogP contribution in [0.4, 0.5) is 0 Å². The van der Waals surface area contributed by atoms with Crippen molar-refractivity contribution in [2.75, 3.05) is 13.2 Å². The van der Waals surface area contributed by atoms with Crippen LogP contribution in [0.3, 0.4) is 0 Å². The van der Waals surface area contributed by atoms with Gasteiger partial charge in [0.2, 0.25) is 5.91 Å². The lowest BCUT2D eigenvalue weighted by atomic mass is 10.1. The van der Waals surface area contributed by atoms with Crippen LogP contribution >= 0.6 is 0 Å². The van der Waals surface area contributed by atoms with E-state index in [-0.39, 0.29) is 30.2 Å². The number of aliphatic hydroxyl groups is 1. The Morgan fingerprint density at radius 2 is 1.50 bits per heavy atom. The standard InChI is InChI=1S/C25H39N3O4/c1-22(21-29)26-23(30)17-15-13-11-9-7-5-3-4-6-8-10-12-14-16-20-32-24(31)18-19-25(2)27-28-25/h3,5-6,8-9,11-12,14,22,29H,4,7,10,13,15-21H2,1-2H3,(H,26,30)/b5-3-,8-6-,11-9-,14-12-/t22-/m1/s1. The minimum Gasteiger partial charge on any atom is -0.465 e. The Morgan fingerprint density at radius 1 is 0.938 bits per heavy atom. The molecule has 0 saturated carbocycles. The zero-order valence-corrected chi connectivity index (χ0v) is 19.5. The number of carbonyl (C=O) groups excluding carboxylic acids is 2. The molecule has 0 aliphatic carbocycles. The zero-order chi connectivity index (χ0) is 23.5. The van der Waals surface area contributed by atoms with Gasteiger partial charge in [-0.05, 0) is 52.4 Å². The van der Waals surface area contributed by atoms with Crippen LogP contribution < -0.4 is 5.32 Å². The van der Waals surface area contributed by atoms with Crippen molar-refractivity contribution in [1.29, 1.82) is 0 Å². The lowest BCUT2D eigenvalue weighted by Gasteiger charge is -2.09. The number of amides is 1. The first kappa shape index (κ1) is 27.5. The third-order valence-corrected chi connectivity index (χ3v) is 4.73. The molecule has 0 aromatic carbocycles. The number of allylic oxidation sites excluding steroid dienone is 7. The van der Waals surface area contributed by atoms with Crippen molar-refractivity contribution >= 4 is 11.9 Å². The molecule has 0 bridgehead atoms. The van der Waals surface area contributed by atoms with Gasteiger partial charge in [0.05, 0.1) is 13.2 Å². The molecular weight excluding hydrogens is 406 g/mol. The fraction of sp³-hybridized carbons (Fsp3) is 0.600. The maximum Gasteiger partial charge on any atom is 0.305 e. The number of esters is 1. The largest absolute Gasteiger partial charge is 0.465 e. The second-order valence-electron chi connectivity index (χ2n) is 8.06. The second kappa shape index (κ2) is 17.1. The van der Waals surface area contributed by atoms with Gasteiger partial charge >= 0.3 is 5.97 Å². The summed E-state index contributed by atoms with van der Waals surface area (Å²) in [5.41, 5.74) is -0.335. The van der Waals surface area contributed by atoms with E-state index in [1.807, 2.05) is 13.0 Å². The highest BCUT2D eigenvalue weighted by atomic mass is 16.5. The van der Waals surface area contributed by atoms with E-state index >= 15 is 0 Å². The summed E-state index contributed by atoms with van der Waals surface area (Å²) in [6, 6.07) is -0.176. The maximum atomic E-state index is 11.6. The van der Waals surface area contributed by atoms with E-state index in [2.05, 4.69) is 58.1 Å². The molecule has 1 amide bonds. The fourth-order valence-electron chi connectivity index (χ4n) is 2.66. The van der Waals surface area contributed by atoms with Crippen LogP contribution in [0.25, 0.3) is 0 Å². The van der Waals surface area contributed by atoms with Crippen LogP contribution in [0.2, 0.25) is 0 Å². The van der Waals surface area contributed by atoms with E-state index in [4.69, 9.17) is 9.84 Å². The molecule has 7 nitrogen and oxygen atoms in total. The summed E-state index contributed by atoms with van der Waals surface area (Å²) in [6.07, 6.45) is 23.4. The monoisotopic (exact) mass is 445 g/mol. The summed E-state index contributed by atoms with van der Waals surface area (Å²) < 4.78 is 5.17. The molecule has 7 heteroatoms. The normalized spacial score (nSPS) is 15.8. The van der Waals surface area contributed by atoms with E-state index in [0.29, 0.717) is 25.9 Å². The Bertz CT molecular complexity index is 689. The number of nitrogens with one attached hydrogen (secondary N) is 1. The minimum atomic E-state index is -0.335. The number of aliphatic hydroxyl groups excluding tert-OH is 1. The van der Waals surface area contributed by atoms with E-state index in [9.17, 15) is 9.59 Å². The average molecular weight is 446 g/mol. The fourth-order valence-corrected chi connectivity index (χ4v) is 2.66. The predicted molar refractivity (Wildman–Crippen MR) is 127 cm³/mol. The maximum absolute atomic E-state index is 11.6. The summed E-state index contributed by atoms with van der Waals surface area (Å²) in [7, 11) is 0. The lowest BCUT2D eigenvalue weighted by Crippen LogP contribution is -2.34. The lowest BCUT2D eigenvalue weighted by molar-refractivity contribution is -0.143. The van der Waals surface area contributed by atoms with Gasteiger partial charge in [-0.15, -0.1) is 0 Å². The molecule has 1 heterocycles. The van der Waals surface area contributed by atoms with Crippen LogP contribution in [-0.4, -0.2) is 41.9 Å². The molecule has 0 spiro atoms. The van der Waals surface area contributed by atoms with Crippen LogP contribution in [0.1, 0.15) is 71.6 Å². The highest BCUT2D eigenvalue weighted by Gasteiger charge is 2.34. The van der Waals surface area contributed by atoms with Crippen LogP contribution in [0.5, 0.6) is 0 Å². The second-order valence-corrected chi connectivity index (χ2v) is 8.06. The zero-order valence-electron chi connectivity index (χ0n) is 19.5. The number of ether oxygens (including phenoxy) is 1. The van der Waals surface area contributed by atoms with Crippen LogP contribution in [0.15, 0.2) is 58.8 Å². The smallest absolute Gasteiger partial charge is 0.305 e. The van der Waals surface area contributed by atoms with Crippen LogP contribution in [-0.2, 0) is 14.3 Å². The number of unbranched alkanes of at least 4 members (excludes halogenated alkanes) is 1. The number of carbonyl (C=O) groups is 2. The van der Waals surface area contributed by atoms with Crippen molar-refractivity contribution < 1.29 is 19.4 Å². The Morgan fingerprint density at radius 3 is 2.06 bits per heavy atom. The highest BCUT2D eigenvalue weighted by molar-refractivity contribution is 5.76. The molecular formula is C25H39N3O4. The number of nitrogens with zero attached hydrogens (tertiary/aromatic N) is 2. The third kappa shape index (κ3) is 16.2. The predicted octanol–water partition coefficient (Wildman–Crippen LogP) is 4.94. The molecule has 0 aromatic rings. The van der Waals surface area contributed by atoms with Crippen LogP contribution in [0, 0.1) is 0 Å². The van der Waals surface area contributed by atoms with Crippen molar-refractivity contribution in [1.82, 2.24) is 5.32 Å². The van der Waals surface area contributed by atoms with Crippen molar-refractivity contribution in [2.24, 2.45) is 10.2 Å². The molecule has 178 valence electrons. The minimum absolute atomic E-state index is 0.00700. The number of rotatable bonds is 18. The van der Waals surface area contributed by atoms with Gasteiger partial charge in [-0.3, -0.25) is 9.59 Å². The van der Waals surface area contributed by atoms with E-state index in [0.717, 1.165) is 38.5 Å².